The summed E-state index contributed by atoms with van der Waals surface area (Å²) in [6.07, 6.45) is 1.78. The molecule has 1 spiro atoms. The number of hydrogen-bond acceptors (Lipinski definition) is 5. The number of ether oxygens (including phenoxy) is 3. The molecule has 0 saturated carbocycles. The van der Waals surface area contributed by atoms with E-state index in [0.717, 1.165) is 0 Å². The van der Waals surface area contributed by atoms with E-state index >= 15 is 0 Å². The van der Waals surface area contributed by atoms with E-state index in [-0.39, 0.29) is 5.56 Å². The minimum atomic E-state index is -1.03. The number of aromatic carboxylic acids is 1. The average molecular weight is 265 g/mol. The van der Waals surface area contributed by atoms with Crippen LogP contribution in [-0.4, -0.2) is 34.9 Å². The van der Waals surface area contributed by atoms with E-state index in [1.165, 1.54) is 12.3 Å². The molecule has 0 radical (unpaired) electrons. The predicted molar refractivity (Wildman–Crippen MR) is 64.1 cm³/mol. The van der Waals surface area contributed by atoms with Gasteiger partial charge in [-0.25, -0.2) is 9.78 Å². The van der Waals surface area contributed by atoms with Crippen LogP contribution in [0.2, 0.25) is 0 Å². The monoisotopic (exact) mass is 265 g/mol. The van der Waals surface area contributed by atoms with E-state index in [1.807, 2.05) is 13.8 Å². The Labute approximate surface area is 110 Å². The first-order chi connectivity index (χ1) is 8.92. The van der Waals surface area contributed by atoms with Crippen molar-refractivity contribution >= 4 is 5.97 Å². The van der Waals surface area contributed by atoms with E-state index in [0.29, 0.717) is 31.1 Å². The molecule has 6 heteroatoms. The molecule has 1 fully saturated rings. The topological polar surface area (TPSA) is 77.9 Å². The highest BCUT2D eigenvalue weighted by Gasteiger charge is 2.50. The van der Waals surface area contributed by atoms with Gasteiger partial charge in [0.25, 0.3) is 0 Å². The normalized spacial score (nSPS) is 22.8. The Morgan fingerprint density at radius 3 is 2.68 bits per heavy atom. The highest BCUT2D eigenvalue weighted by molar-refractivity contribution is 5.87. The lowest BCUT2D eigenvalue weighted by Crippen LogP contribution is -2.45. The Bertz CT molecular complexity index is 534. The second-order valence-electron chi connectivity index (χ2n) is 5.37. The van der Waals surface area contributed by atoms with Gasteiger partial charge < -0.3 is 19.3 Å². The predicted octanol–water partition coefficient (Wildman–Crippen LogP) is 1.54. The van der Waals surface area contributed by atoms with Crippen LogP contribution in [0.3, 0.4) is 0 Å². The standard InChI is InChI=1S/C13H15NO5/c1-12(2)7-13(17-3-4-18-13)9-5-8(11(15)16)6-14-10(9)19-12/h5-6H,3-4,7H2,1-2H3,(H,15,16). The van der Waals surface area contributed by atoms with Gasteiger partial charge in [-0.3, -0.25) is 0 Å². The zero-order valence-corrected chi connectivity index (χ0v) is 10.8. The van der Waals surface area contributed by atoms with Gasteiger partial charge in [0.05, 0.1) is 24.3 Å². The maximum atomic E-state index is 11.1. The lowest BCUT2D eigenvalue weighted by Gasteiger charge is -2.41. The molecular weight excluding hydrogens is 250 g/mol. The molecular formula is C13H15NO5. The summed E-state index contributed by atoms with van der Waals surface area (Å²) >= 11 is 0. The zero-order valence-electron chi connectivity index (χ0n) is 10.8. The first-order valence-corrected chi connectivity index (χ1v) is 6.13. The summed E-state index contributed by atoms with van der Waals surface area (Å²) in [6, 6.07) is 1.52. The molecule has 0 bridgehead atoms. The third kappa shape index (κ3) is 1.97. The summed E-state index contributed by atoms with van der Waals surface area (Å²) in [5, 5.41) is 9.06. The molecule has 1 aromatic heterocycles. The summed E-state index contributed by atoms with van der Waals surface area (Å²) < 4.78 is 17.3. The number of carbonyl (C=O) groups is 1. The van der Waals surface area contributed by atoms with E-state index in [1.54, 1.807) is 0 Å². The van der Waals surface area contributed by atoms with Crippen LogP contribution in [0.5, 0.6) is 5.88 Å². The van der Waals surface area contributed by atoms with Crippen LogP contribution in [0.15, 0.2) is 12.3 Å². The highest BCUT2D eigenvalue weighted by Crippen LogP contribution is 2.47. The van der Waals surface area contributed by atoms with E-state index in [2.05, 4.69) is 4.98 Å². The van der Waals surface area contributed by atoms with Crippen molar-refractivity contribution < 1.29 is 24.1 Å². The van der Waals surface area contributed by atoms with Crippen molar-refractivity contribution in [1.82, 2.24) is 4.98 Å². The maximum Gasteiger partial charge on any atom is 0.337 e. The number of fused-ring (bicyclic) bond motifs is 2. The molecule has 6 nitrogen and oxygen atoms in total. The van der Waals surface area contributed by atoms with Crippen molar-refractivity contribution in [2.75, 3.05) is 13.2 Å². The molecule has 0 aromatic carbocycles. The van der Waals surface area contributed by atoms with E-state index < -0.39 is 17.4 Å². The minimum Gasteiger partial charge on any atom is -0.478 e. The van der Waals surface area contributed by atoms with Gasteiger partial charge in [-0.1, -0.05) is 0 Å². The number of carboxylic acid groups (broad SMARTS) is 1. The summed E-state index contributed by atoms with van der Waals surface area (Å²) in [5.74, 6) is -1.59. The molecule has 0 amide bonds. The molecule has 3 rings (SSSR count). The molecule has 0 atom stereocenters. The van der Waals surface area contributed by atoms with Crippen LogP contribution in [0, 0.1) is 0 Å². The first-order valence-electron chi connectivity index (χ1n) is 6.13. The van der Waals surface area contributed by atoms with Gasteiger partial charge >= 0.3 is 5.97 Å². The highest BCUT2D eigenvalue weighted by atomic mass is 16.7. The number of hydrogen-bond donors (Lipinski definition) is 1. The molecule has 1 saturated heterocycles. The number of carboxylic acids is 1. The second kappa shape index (κ2) is 3.91. The third-order valence-electron chi connectivity index (χ3n) is 3.29. The lowest BCUT2D eigenvalue weighted by molar-refractivity contribution is -0.208. The van der Waals surface area contributed by atoms with Gasteiger partial charge in [0.2, 0.25) is 11.7 Å². The summed E-state index contributed by atoms with van der Waals surface area (Å²) in [6.45, 7) is 4.81. The molecule has 1 N–H and O–H groups in total. The smallest absolute Gasteiger partial charge is 0.337 e. The van der Waals surface area contributed by atoms with Crippen LogP contribution in [0.1, 0.15) is 36.2 Å². The van der Waals surface area contributed by atoms with Gasteiger partial charge in [0, 0.05) is 12.6 Å². The second-order valence-corrected chi connectivity index (χ2v) is 5.37. The van der Waals surface area contributed by atoms with Gasteiger partial charge in [-0.15, -0.1) is 0 Å². The largest absolute Gasteiger partial charge is 0.478 e. The van der Waals surface area contributed by atoms with Crippen LogP contribution in [0.25, 0.3) is 0 Å². The van der Waals surface area contributed by atoms with Gasteiger partial charge in [0.15, 0.2) is 0 Å². The molecule has 19 heavy (non-hydrogen) atoms. The van der Waals surface area contributed by atoms with E-state index in [4.69, 9.17) is 19.3 Å². The SMILES string of the molecule is CC1(C)CC2(OCCO2)c2cc(C(=O)O)cnc2O1. The average Bonchev–Trinajstić information content (AvgIpc) is 2.76. The first kappa shape index (κ1) is 12.4. The number of nitrogens with zero attached hydrogens (tertiary/aromatic N) is 1. The van der Waals surface area contributed by atoms with Crippen molar-refractivity contribution in [2.45, 2.75) is 31.7 Å². The summed E-state index contributed by atoms with van der Waals surface area (Å²) in [5.41, 5.74) is 0.180. The van der Waals surface area contributed by atoms with Crippen LogP contribution in [-0.2, 0) is 15.3 Å². The van der Waals surface area contributed by atoms with Gasteiger partial charge in [-0.2, -0.15) is 0 Å². The molecule has 0 aliphatic carbocycles. The summed E-state index contributed by atoms with van der Waals surface area (Å²) in [4.78, 5) is 15.1. The minimum absolute atomic E-state index is 0.0977. The quantitative estimate of drug-likeness (QED) is 0.829. The fourth-order valence-corrected chi connectivity index (χ4v) is 2.59. The van der Waals surface area contributed by atoms with Crippen molar-refractivity contribution in [3.8, 4) is 5.88 Å². The molecule has 1 aromatic rings. The maximum absolute atomic E-state index is 11.1. The number of aromatic nitrogens is 1. The lowest BCUT2D eigenvalue weighted by atomic mass is 9.89. The molecule has 2 aliphatic heterocycles. The van der Waals surface area contributed by atoms with E-state index in [9.17, 15) is 4.79 Å². The van der Waals surface area contributed by atoms with Crippen LogP contribution >= 0.6 is 0 Å². The fourth-order valence-electron chi connectivity index (χ4n) is 2.59. The van der Waals surface area contributed by atoms with Crippen LogP contribution in [0.4, 0.5) is 0 Å². The Kier molecular flexibility index (Phi) is 2.55. The molecule has 2 aliphatic rings. The molecule has 3 heterocycles. The number of pyridine rings is 1. The van der Waals surface area contributed by atoms with Crippen molar-refractivity contribution in [2.24, 2.45) is 0 Å². The van der Waals surface area contributed by atoms with Crippen molar-refractivity contribution in [1.29, 1.82) is 0 Å². The van der Waals surface area contributed by atoms with Crippen LogP contribution < -0.4 is 4.74 Å². The molecule has 102 valence electrons. The number of rotatable bonds is 1. The Morgan fingerprint density at radius 1 is 1.37 bits per heavy atom. The Morgan fingerprint density at radius 2 is 2.05 bits per heavy atom. The van der Waals surface area contributed by atoms with Crippen molar-refractivity contribution in [3.63, 3.8) is 0 Å². The van der Waals surface area contributed by atoms with Crippen molar-refractivity contribution in [3.05, 3.63) is 23.4 Å². The fraction of sp³-hybridized carbons (Fsp3) is 0.538. The third-order valence-corrected chi connectivity index (χ3v) is 3.29. The summed E-state index contributed by atoms with van der Waals surface area (Å²) in [7, 11) is 0. The van der Waals surface area contributed by atoms with Gasteiger partial charge in [0.1, 0.15) is 5.60 Å². The molecule has 0 unspecified atom stereocenters. The van der Waals surface area contributed by atoms with Gasteiger partial charge in [-0.05, 0) is 19.9 Å². The Hall–Kier alpha value is -1.66. The zero-order chi connectivity index (χ0) is 13.7. The Balaban J connectivity index is 2.14.